The minimum Gasteiger partial charge on any atom is -0.444 e. The maximum atomic E-state index is 12.0. The first-order valence-electron chi connectivity index (χ1n) is 6.47. The zero-order valence-electron chi connectivity index (χ0n) is 11.7. The van der Waals surface area contributed by atoms with Gasteiger partial charge in [0.05, 0.1) is 0 Å². The zero-order chi connectivity index (χ0) is 13.9. The molecule has 0 spiro atoms. The van der Waals surface area contributed by atoms with E-state index in [1.165, 1.54) is 0 Å². The van der Waals surface area contributed by atoms with E-state index in [1.54, 1.807) is 4.90 Å². The molecule has 1 rings (SSSR count). The Hall–Kier alpha value is -1.26. The molecule has 1 aliphatic heterocycles. The van der Waals surface area contributed by atoms with Gasteiger partial charge in [-0.15, -0.1) is 0 Å². The van der Waals surface area contributed by atoms with Crippen molar-refractivity contribution in [1.29, 1.82) is 0 Å². The van der Waals surface area contributed by atoms with Crippen molar-refractivity contribution in [3.05, 3.63) is 0 Å². The molecular weight excluding hydrogens is 232 g/mol. The summed E-state index contributed by atoms with van der Waals surface area (Å²) in [6, 6.07) is 0.156. The van der Waals surface area contributed by atoms with Crippen molar-refractivity contribution >= 4 is 12.0 Å². The third kappa shape index (κ3) is 4.55. The standard InChI is InChI=1S/C13H24N2O3/c1-9-5-6-10(7-11(14)16)8-15(9)12(17)18-13(2,3)4/h9-10H,5-8H2,1-4H3,(H2,14,16)/t9?,10-/m0/s1. The number of rotatable bonds is 2. The average Bonchev–Trinajstić information content (AvgIpc) is 2.17. The molecule has 2 atom stereocenters. The maximum absolute atomic E-state index is 12.0. The maximum Gasteiger partial charge on any atom is 0.410 e. The first-order chi connectivity index (χ1) is 8.19. The minimum atomic E-state index is -0.493. The number of ether oxygens (including phenoxy) is 1. The third-order valence-electron chi connectivity index (χ3n) is 3.10. The number of hydrogen-bond acceptors (Lipinski definition) is 3. The van der Waals surface area contributed by atoms with Gasteiger partial charge in [-0.25, -0.2) is 4.79 Å². The van der Waals surface area contributed by atoms with Gasteiger partial charge < -0.3 is 15.4 Å². The Balaban J connectivity index is 2.61. The van der Waals surface area contributed by atoms with Crippen LogP contribution in [0.2, 0.25) is 0 Å². The van der Waals surface area contributed by atoms with E-state index in [2.05, 4.69) is 0 Å². The van der Waals surface area contributed by atoms with E-state index in [4.69, 9.17) is 10.5 Å². The molecule has 104 valence electrons. The van der Waals surface area contributed by atoms with Crippen LogP contribution in [0, 0.1) is 5.92 Å². The van der Waals surface area contributed by atoms with Crippen LogP contribution in [-0.4, -0.2) is 35.1 Å². The molecule has 5 heteroatoms. The van der Waals surface area contributed by atoms with E-state index >= 15 is 0 Å². The summed E-state index contributed by atoms with van der Waals surface area (Å²) in [5.41, 5.74) is 4.71. The summed E-state index contributed by atoms with van der Waals surface area (Å²) >= 11 is 0. The van der Waals surface area contributed by atoms with Crippen LogP contribution in [-0.2, 0) is 9.53 Å². The predicted molar refractivity (Wildman–Crippen MR) is 68.9 cm³/mol. The number of nitrogens with two attached hydrogens (primary N) is 1. The van der Waals surface area contributed by atoms with Crippen LogP contribution in [0.5, 0.6) is 0 Å². The Bertz CT molecular complexity index is 323. The van der Waals surface area contributed by atoms with Crippen molar-refractivity contribution in [3.63, 3.8) is 0 Å². The highest BCUT2D eigenvalue weighted by Crippen LogP contribution is 2.25. The summed E-state index contributed by atoms with van der Waals surface area (Å²) in [5, 5.41) is 0. The molecule has 1 aliphatic rings. The molecule has 0 aromatic heterocycles. The second kappa shape index (κ2) is 5.59. The van der Waals surface area contributed by atoms with Gasteiger partial charge in [-0.1, -0.05) is 0 Å². The van der Waals surface area contributed by atoms with Gasteiger partial charge in [0.2, 0.25) is 5.91 Å². The minimum absolute atomic E-state index is 0.156. The first-order valence-corrected chi connectivity index (χ1v) is 6.47. The van der Waals surface area contributed by atoms with Gasteiger partial charge >= 0.3 is 6.09 Å². The lowest BCUT2D eigenvalue weighted by molar-refractivity contribution is -0.119. The van der Waals surface area contributed by atoms with E-state index in [9.17, 15) is 9.59 Å². The zero-order valence-corrected chi connectivity index (χ0v) is 11.7. The number of carbonyl (C=O) groups is 2. The summed E-state index contributed by atoms with van der Waals surface area (Å²) in [5.74, 6) is -0.148. The quantitative estimate of drug-likeness (QED) is 0.820. The van der Waals surface area contributed by atoms with Crippen molar-refractivity contribution in [2.45, 2.75) is 58.6 Å². The Morgan fingerprint density at radius 3 is 2.44 bits per heavy atom. The van der Waals surface area contributed by atoms with E-state index in [0.29, 0.717) is 13.0 Å². The van der Waals surface area contributed by atoms with E-state index in [1.807, 2.05) is 27.7 Å². The van der Waals surface area contributed by atoms with Crippen LogP contribution in [0.25, 0.3) is 0 Å². The SMILES string of the molecule is CC1CC[C@@H](CC(N)=O)CN1C(=O)OC(C)(C)C. The van der Waals surface area contributed by atoms with Crippen molar-refractivity contribution < 1.29 is 14.3 Å². The van der Waals surface area contributed by atoms with Gasteiger partial charge in [0, 0.05) is 19.0 Å². The molecule has 0 aromatic rings. The fraction of sp³-hybridized carbons (Fsp3) is 0.846. The molecule has 2 amide bonds. The summed E-state index contributed by atoms with van der Waals surface area (Å²) in [6.45, 7) is 8.10. The molecule has 1 heterocycles. The van der Waals surface area contributed by atoms with Gasteiger partial charge in [0.25, 0.3) is 0 Å². The second-order valence-corrected chi connectivity index (χ2v) is 6.10. The molecule has 0 bridgehead atoms. The third-order valence-corrected chi connectivity index (χ3v) is 3.10. The van der Waals surface area contributed by atoms with E-state index in [-0.39, 0.29) is 24.0 Å². The van der Waals surface area contributed by atoms with Crippen molar-refractivity contribution in [2.75, 3.05) is 6.54 Å². The second-order valence-electron chi connectivity index (χ2n) is 6.10. The van der Waals surface area contributed by atoms with Crippen LogP contribution in [0.15, 0.2) is 0 Å². The Kier molecular flexibility index (Phi) is 4.59. The van der Waals surface area contributed by atoms with Gasteiger partial charge in [-0.2, -0.15) is 0 Å². The fourth-order valence-electron chi connectivity index (χ4n) is 2.21. The number of hydrogen-bond donors (Lipinski definition) is 1. The molecule has 0 radical (unpaired) electrons. The number of primary amides is 1. The van der Waals surface area contributed by atoms with Crippen molar-refractivity contribution in [1.82, 2.24) is 4.90 Å². The van der Waals surface area contributed by atoms with Crippen molar-refractivity contribution in [2.24, 2.45) is 11.7 Å². The highest BCUT2D eigenvalue weighted by Gasteiger charge is 2.32. The smallest absolute Gasteiger partial charge is 0.410 e. The fourth-order valence-corrected chi connectivity index (χ4v) is 2.21. The molecule has 0 aromatic carbocycles. The number of nitrogens with zero attached hydrogens (tertiary/aromatic N) is 1. The molecular formula is C13H24N2O3. The number of piperidine rings is 1. The topological polar surface area (TPSA) is 72.6 Å². The number of carbonyl (C=O) groups excluding carboxylic acids is 2. The summed E-state index contributed by atoms with van der Waals surface area (Å²) in [6.07, 6.45) is 1.86. The Morgan fingerprint density at radius 1 is 1.33 bits per heavy atom. The molecule has 1 fully saturated rings. The Labute approximate surface area is 109 Å². The Morgan fingerprint density at radius 2 is 1.94 bits per heavy atom. The molecule has 2 N–H and O–H groups in total. The molecule has 0 saturated carbocycles. The van der Waals surface area contributed by atoms with E-state index in [0.717, 1.165) is 12.8 Å². The van der Waals surface area contributed by atoms with Crippen LogP contribution >= 0.6 is 0 Å². The lowest BCUT2D eigenvalue weighted by Gasteiger charge is -2.38. The largest absolute Gasteiger partial charge is 0.444 e. The number of amides is 2. The van der Waals surface area contributed by atoms with Gasteiger partial charge in [0.15, 0.2) is 0 Å². The van der Waals surface area contributed by atoms with Crippen LogP contribution in [0.4, 0.5) is 4.79 Å². The van der Waals surface area contributed by atoms with Crippen LogP contribution < -0.4 is 5.73 Å². The monoisotopic (exact) mass is 256 g/mol. The highest BCUT2D eigenvalue weighted by molar-refractivity contribution is 5.74. The lowest BCUT2D eigenvalue weighted by Crippen LogP contribution is -2.48. The molecule has 1 saturated heterocycles. The first kappa shape index (κ1) is 14.8. The summed E-state index contributed by atoms with van der Waals surface area (Å²) < 4.78 is 5.37. The summed E-state index contributed by atoms with van der Waals surface area (Å²) in [7, 11) is 0. The van der Waals surface area contributed by atoms with Gasteiger partial charge in [0.1, 0.15) is 5.60 Å². The predicted octanol–water partition coefficient (Wildman–Crippen LogP) is 1.90. The molecule has 5 nitrogen and oxygen atoms in total. The normalized spacial score (nSPS) is 24.8. The van der Waals surface area contributed by atoms with Gasteiger partial charge in [-0.3, -0.25) is 4.79 Å². The highest BCUT2D eigenvalue weighted by atomic mass is 16.6. The van der Waals surface area contributed by atoms with Crippen LogP contribution in [0.1, 0.15) is 47.0 Å². The van der Waals surface area contributed by atoms with Gasteiger partial charge in [-0.05, 0) is 46.5 Å². The summed E-state index contributed by atoms with van der Waals surface area (Å²) in [4.78, 5) is 24.7. The average molecular weight is 256 g/mol. The van der Waals surface area contributed by atoms with Crippen molar-refractivity contribution in [3.8, 4) is 0 Å². The van der Waals surface area contributed by atoms with E-state index < -0.39 is 5.60 Å². The molecule has 1 unspecified atom stereocenters. The van der Waals surface area contributed by atoms with Crippen LogP contribution in [0.3, 0.4) is 0 Å². The number of likely N-dealkylation sites (tertiary alicyclic amines) is 1. The molecule has 18 heavy (non-hydrogen) atoms. The molecule has 0 aliphatic carbocycles. The lowest BCUT2D eigenvalue weighted by atomic mass is 9.91.